The van der Waals surface area contributed by atoms with Gasteiger partial charge in [0.25, 0.3) is 11.5 Å². The molecule has 0 N–H and O–H groups in total. The summed E-state index contributed by atoms with van der Waals surface area (Å²) in [4.78, 5) is 35.9. The van der Waals surface area contributed by atoms with E-state index in [0.717, 1.165) is 25.1 Å². The average Bonchev–Trinajstić information content (AvgIpc) is 2.96. The van der Waals surface area contributed by atoms with Gasteiger partial charge in [0.1, 0.15) is 15.8 Å². The van der Waals surface area contributed by atoms with Crippen LogP contribution in [0.3, 0.4) is 0 Å². The third kappa shape index (κ3) is 4.48. The molecule has 2 fully saturated rings. The number of carbonyl (C=O) groups excluding carboxylic acids is 1. The predicted molar refractivity (Wildman–Crippen MR) is 136 cm³/mol. The zero-order valence-corrected chi connectivity index (χ0v) is 20.9. The van der Waals surface area contributed by atoms with E-state index in [0.29, 0.717) is 50.6 Å². The molecule has 2 atom stereocenters. The molecule has 32 heavy (non-hydrogen) atoms. The van der Waals surface area contributed by atoms with Crippen LogP contribution in [-0.4, -0.2) is 44.1 Å². The molecule has 0 aliphatic carbocycles. The van der Waals surface area contributed by atoms with E-state index in [4.69, 9.17) is 17.2 Å². The van der Waals surface area contributed by atoms with Gasteiger partial charge in [0.15, 0.2) is 0 Å². The molecule has 2 aromatic heterocycles. The topological polar surface area (TPSA) is 57.9 Å². The zero-order chi connectivity index (χ0) is 23.2. The Morgan fingerprint density at radius 1 is 1.22 bits per heavy atom. The van der Waals surface area contributed by atoms with Crippen LogP contribution >= 0.6 is 24.0 Å². The van der Waals surface area contributed by atoms with Crippen LogP contribution in [0.4, 0.5) is 5.82 Å². The first-order valence-electron chi connectivity index (χ1n) is 11.2. The van der Waals surface area contributed by atoms with E-state index in [1.165, 1.54) is 11.8 Å². The van der Waals surface area contributed by atoms with E-state index >= 15 is 0 Å². The van der Waals surface area contributed by atoms with Crippen molar-refractivity contribution in [2.24, 2.45) is 17.8 Å². The highest BCUT2D eigenvalue weighted by Gasteiger charge is 2.33. The first-order chi connectivity index (χ1) is 15.1. The first-order valence-corrected chi connectivity index (χ1v) is 12.4. The van der Waals surface area contributed by atoms with Crippen molar-refractivity contribution in [2.45, 2.75) is 41.0 Å². The third-order valence-electron chi connectivity index (χ3n) is 5.85. The molecule has 6 nitrogen and oxygen atoms in total. The third-order valence-corrected chi connectivity index (χ3v) is 7.23. The maximum absolute atomic E-state index is 13.6. The van der Waals surface area contributed by atoms with Gasteiger partial charge in [-0.05, 0) is 48.8 Å². The zero-order valence-electron chi connectivity index (χ0n) is 19.3. The number of pyridine rings is 1. The molecule has 2 aliphatic rings. The number of aryl methyl sites for hydroxylation is 1. The Kier molecular flexibility index (Phi) is 6.45. The first kappa shape index (κ1) is 23.0. The number of aromatic nitrogens is 2. The number of piperidine rings is 1. The molecule has 0 saturated carbocycles. The number of amides is 1. The van der Waals surface area contributed by atoms with E-state index in [1.807, 2.05) is 19.1 Å². The van der Waals surface area contributed by atoms with Crippen LogP contribution in [0.1, 0.15) is 45.2 Å². The molecule has 0 radical (unpaired) electrons. The highest BCUT2D eigenvalue weighted by Crippen LogP contribution is 2.35. The van der Waals surface area contributed by atoms with Crippen molar-refractivity contribution in [3.8, 4) is 0 Å². The Hall–Kier alpha value is -2.19. The van der Waals surface area contributed by atoms with Crippen molar-refractivity contribution in [1.82, 2.24) is 14.3 Å². The molecular formula is C24H30N4O2S2. The van der Waals surface area contributed by atoms with Gasteiger partial charge >= 0.3 is 0 Å². The fourth-order valence-electron chi connectivity index (χ4n) is 4.60. The maximum atomic E-state index is 13.6. The van der Waals surface area contributed by atoms with Crippen LogP contribution in [0.2, 0.25) is 0 Å². The van der Waals surface area contributed by atoms with Gasteiger partial charge in [-0.25, -0.2) is 4.98 Å². The summed E-state index contributed by atoms with van der Waals surface area (Å²) >= 11 is 6.73. The number of anilines is 1. The van der Waals surface area contributed by atoms with Gasteiger partial charge in [0, 0.05) is 25.8 Å². The molecule has 8 heteroatoms. The summed E-state index contributed by atoms with van der Waals surface area (Å²) < 4.78 is 2.12. The van der Waals surface area contributed by atoms with Crippen molar-refractivity contribution in [1.29, 1.82) is 0 Å². The minimum atomic E-state index is -0.159. The summed E-state index contributed by atoms with van der Waals surface area (Å²) in [6.45, 7) is 12.8. The molecule has 0 bridgehead atoms. The number of thiocarbonyl (C=S) groups is 1. The minimum absolute atomic E-state index is 0.131. The molecule has 2 saturated heterocycles. The van der Waals surface area contributed by atoms with Crippen LogP contribution in [0.15, 0.2) is 28.0 Å². The number of thioether (sulfide) groups is 1. The quantitative estimate of drug-likeness (QED) is 0.489. The Balaban J connectivity index is 1.86. The van der Waals surface area contributed by atoms with Gasteiger partial charge < -0.3 is 4.90 Å². The Bertz CT molecular complexity index is 1160. The standard InChI is InChI=1S/C24H30N4O2S2/c1-14(2)10-28-23(30)19(32-24(28)31)9-18-21(26-11-16(4)8-17(5)12-26)25-20-7-6-15(3)13-27(20)22(18)29/h6-7,9,13-14,16-17H,8,10-12H2,1-5H3. The normalized spacial score (nSPS) is 23.2. The van der Waals surface area contributed by atoms with E-state index in [9.17, 15) is 9.59 Å². The van der Waals surface area contributed by atoms with Crippen molar-refractivity contribution in [2.75, 3.05) is 24.5 Å². The van der Waals surface area contributed by atoms with E-state index in [1.54, 1.807) is 21.6 Å². The lowest BCUT2D eigenvalue weighted by atomic mass is 9.91. The van der Waals surface area contributed by atoms with Crippen molar-refractivity contribution >= 4 is 51.7 Å². The highest BCUT2D eigenvalue weighted by molar-refractivity contribution is 8.26. The second kappa shape index (κ2) is 8.98. The Morgan fingerprint density at radius 2 is 1.91 bits per heavy atom. The van der Waals surface area contributed by atoms with Gasteiger partial charge in [-0.2, -0.15) is 0 Å². The summed E-state index contributed by atoms with van der Waals surface area (Å²) in [6.07, 6.45) is 4.67. The van der Waals surface area contributed by atoms with Crippen molar-refractivity contribution < 1.29 is 4.79 Å². The molecule has 2 unspecified atom stereocenters. The molecule has 0 spiro atoms. The minimum Gasteiger partial charge on any atom is -0.355 e. The molecule has 1 amide bonds. The van der Waals surface area contributed by atoms with Crippen LogP contribution in [0, 0.1) is 24.7 Å². The molecule has 170 valence electrons. The van der Waals surface area contributed by atoms with Crippen LogP contribution < -0.4 is 10.5 Å². The van der Waals surface area contributed by atoms with E-state index in [-0.39, 0.29) is 11.5 Å². The number of carbonyl (C=O) groups is 1. The molecular weight excluding hydrogens is 440 g/mol. The summed E-state index contributed by atoms with van der Waals surface area (Å²) in [5, 5.41) is 0. The van der Waals surface area contributed by atoms with E-state index < -0.39 is 0 Å². The SMILES string of the molecule is Cc1ccc2nc(N3CC(C)CC(C)C3)c(C=C3SC(=S)N(CC(C)C)C3=O)c(=O)n2c1. The van der Waals surface area contributed by atoms with Gasteiger partial charge in [0.05, 0.1) is 10.5 Å². The van der Waals surface area contributed by atoms with Crippen molar-refractivity contribution in [3.63, 3.8) is 0 Å². The second-order valence-electron chi connectivity index (χ2n) is 9.63. The summed E-state index contributed by atoms with van der Waals surface area (Å²) in [7, 11) is 0. The number of rotatable bonds is 4. The maximum Gasteiger partial charge on any atom is 0.267 e. The highest BCUT2D eigenvalue weighted by atomic mass is 32.2. The summed E-state index contributed by atoms with van der Waals surface area (Å²) in [5.41, 5.74) is 1.89. The summed E-state index contributed by atoms with van der Waals surface area (Å²) in [5.74, 6) is 1.85. The van der Waals surface area contributed by atoms with Crippen molar-refractivity contribution in [3.05, 3.63) is 44.7 Å². The Morgan fingerprint density at radius 3 is 2.56 bits per heavy atom. The second-order valence-corrected chi connectivity index (χ2v) is 11.3. The fraction of sp³-hybridized carbons (Fsp3) is 0.500. The van der Waals surface area contributed by atoms with Crippen LogP contribution in [0.25, 0.3) is 11.7 Å². The average molecular weight is 471 g/mol. The number of hydrogen-bond donors (Lipinski definition) is 0. The lowest BCUT2D eigenvalue weighted by molar-refractivity contribution is -0.122. The molecule has 4 heterocycles. The number of nitrogens with zero attached hydrogens (tertiary/aromatic N) is 4. The smallest absolute Gasteiger partial charge is 0.267 e. The fourth-order valence-corrected chi connectivity index (χ4v) is 5.86. The summed E-state index contributed by atoms with van der Waals surface area (Å²) in [6, 6.07) is 3.84. The van der Waals surface area contributed by atoms with Gasteiger partial charge in [-0.15, -0.1) is 0 Å². The van der Waals surface area contributed by atoms with Crippen LogP contribution in [-0.2, 0) is 4.79 Å². The molecule has 4 rings (SSSR count). The largest absolute Gasteiger partial charge is 0.355 e. The number of fused-ring (bicyclic) bond motifs is 1. The van der Waals surface area contributed by atoms with Crippen LogP contribution in [0.5, 0.6) is 0 Å². The van der Waals surface area contributed by atoms with Gasteiger partial charge in [-0.1, -0.05) is 57.7 Å². The van der Waals surface area contributed by atoms with E-state index in [2.05, 4.69) is 32.6 Å². The molecule has 2 aromatic rings. The number of hydrogen-bond acceptors (Lipinski definition) is 6. The predicted octanol–water partition coefficient (Wildman–Crippen LogP) is 4.34. The lowest BCUT2D eigenvalue weighted by Crippen LogP contribution is -2.40. The molecule has 0 aromatic carbocycles. The van der Waals surface area contributed by atoms with Gasteiger partial charge in [0.2, 0.25) is 0 Å². The molecule has 2 aliphatic heterocycles. The Labute approximate surface area is 198 Å². The monoisotopic (exact) mass is 470 g/mol. The van der Waals surface area contributed by atoms with Gasteiger partial charge in [-0.3, -0.25) is 18.9 Å². The lowest BCUT2D eigenvalue weighted by Gasteiger charge is -2.36.